The van der Waals surface area contributed by atoms with Crippen LogP contribution >= 0.6 is 0 Å². The lowest BCUT2D eigenvalue weighted by Gasteiger charge is -2.00. The number of benzene rings is 1. The summed E-state index contributed by atoms with van der Waals surface area (Å²) in [6, 6.07) is 7.39. The summed E-state index contributed by atoms with van der Waals surface area (Å²) in [5.74, 6) is 2.76. The lowest BCUT2D eigenvalue weighted by Crippen LogP contribution is -2.02. The molecule has 2 N–H and O–H groups in total. The highest BCUT2D eigenvalue weighted by Gasteiger charge is 2.02. The van der Waals surface area contributed by atoms with E-state index in [4.69, 9.17) is 12.2 Å². The number of anilines is 1. The van der Waals surface area contributed by atoms with Crippen molar-refractivity contribution >= 4 is 11.5 Å². The van der Waals surface area contributed by atoms with E-state index in [0.717, 1.165) is 17.7 Å². The number of nitrogen functional groups attached to an aromatic ring is 1. The molecule has 0 radical (unpaired) electrons. The topological polar surface area (TPSA) is 43.1 Å². The van der Waals surface area contributed by atoms with Crippen LogP contribution in [-0.4, -0.2) is 5.78 Å². The van der Waals surface area contributed by atoms with Gasteiger partial charge in [-0.15, -0.1) is 12.3 Å². The van der Waals surface area contributed by atoms with Gasteiger partial charge < -0.3 is 5.73 Å². The molecule has 0 saturated heterocycles. The Morgan fingerprint density at radius 2 is 2.00 bits per heavy atom. The summed E-state index contributed by atoms with van der Waals surface area (Å²) in [6.45, 7) is 0. The summed E-state index contributed by atoms with van der Waals surface area (Å²) >= 11 is 0. The fourth-order valence-electron chi connectivity index (χ4n) is 1.34. The van der Waals surface area contributed by atoms with Crippen LogP contribution in [0.1, 0.15) is 24.8 Å². The van der Waals surface area contributed by atoms with Crippen LogP contribution < -0.4 is 5.73 Å². The largest absolute Gasteiger partial charge is 0.399 e. The Balaban J connectivity index is 2.38. The van der Waals surface area contributed by atoms with Gasteiger partial charge in [-0.05, 0) is 24.1 Å². The molecule has 0 aliphatic carbocycles. The van der Waals surface area contributed by atoms with Gasteiger partial charge in [0.1, 0.15) is 5.78 Å². The first-order chi connectivity index (χ1) is 7.22. The van der Waals surface area contributed by atoms with Crippen molar-refractivity contribution < 1.29 is 4.79 Å². The number of carbonyl (C=O) groups excluding carboxylic acids is 1. The quantitative estimate of drug-likeness (QED) is 0.451. The molecule has 1 aromatic rings. The second-order valence-corrected chi connectivity index (χ2v) is 3.51. The summed E-state index contributed by atoms with van der Waals surface area (Å²) in [5.41, 5.74) is 7.28. The average Bonchev–Trinajstić information content (AvgIpc) is 2.22. The Kier molecular flexibility index (Phi) is 4.43. The molecule has 2 heteroatoms. The number of ketones is 1. The number of rotatable bonds is 5. The van der Waals surface area contributed by atoms with Crippen molar-refractivity contribution in [2.75, 3.05) is 5.73 Å². The highest BCUT2D eigenvalue weighted by molar-refractivity contribution is 5.80. The molecule has 0 bridgehead atoms. The maximum absolute atomic E-state index is 11.5. The molecule has 1 rings (SSSR count). The molecule has 0 aromatic heterocycles. The zero-order valence-corrected chi connectivity index (χ0v) is 8.70. The van der Waals surface area contributed by atoms with Gasteiger partial charge in [-0.25, -0.2) is 0 Å². The molecule has 0 amide bonds. The minimum Gasteiger partial charge on any atom is -0.399 e. The second-order valence-electron chi connectivity index (χ2n) is 3.51. The van der Waals surface area contributed by atoms with Crippen molar-refractivity contribution in [2.45, 2.75) is 25.7 Å². The number of hydrogen-bond acceptors (Lipinski definition) is 2. The molecule has 0 spiro atoms. The van der Waals surface area contributed by atoms with Crippen LogP contribution in [-0.2, 0) is 11.2 Å². The highest BCUT2D eigenvalue weighted by atomic mass is 16.1. The second kappa shape index (κ2) is 5.87. The first kappa shape index (κ1) is 11.3. The minimum atomic E-state index is 0.232. The Morgan fingerprint density at radius 1 is 1.33 bits per heavy atom. The van der Waals surface area contributed by atoms with Crippen LogP contribution in [0.4, 0.5) is 5.69 Å². The predicted octanol–water partition coefficient (Wildman–Crippen LogP) is 2.18. The zero-order chi connectivity index (χ0) is 11.1. The van der Waals surface area contributed by atoms with Gasteiger partial charge in [0, 0.05) is 24.9 Å². The number of nitrogens with two attached hydrogens (primary N) is 1. The average molecular weight is 201 g/mol. The summed E-state index contributed by atoms with van der Waals surface area (Å²) < 4.78 is 0. The van der Waals surface area contributed by atoms with E-state index < -0.39 is 0 Å². The molecular formula is C13H15NO. The van der Waals surface area contributed by atoms with Gasteiger partial charge in [0.2, 0.25) is 0 Å². The summed E-state index contributed by atoms with van der Waals surface area (Å²) in [7, 11) is 0. The maximum Gasteiger partial charge on any atom is 0.137 e. The molecule has 15 heavy (non-hydrogen) atoms. The van der Waals surface area contributed by atoms with Gasteiger partial charge in [-0.2, -0.15) is 0 Å². The fourth-order valence-corrected chi connectivity index (χ4v) is 1.34. The Morgan fingerprint density at radius 3 is 2.60 bits per heavy atom. The number of carbonyl (C=O) groups is 1. The minimum absolute atomic E-state index is 0.232. The molecule has 0 saturated carbocycles. The van der Waals surface area contributed by atoms with Gasteiger partial charge >= 0.3 is 0 Å². The number of hydrogen-bond donors (Lipinski definition) is 1. The lowest BCUT2D eigenvalue weighted by molar-refractivity contribution is -0.118. The predicted molar refractivity (Wildman–Crippen MR) is 62.2 cm³/mol. The van der Waals surface area contributed by atoms with Gasteiger partial charge in [0.15, 0.2) is 0 Å². The maximum atomic E-state index is 11.5. The van der Waals surface area contributed by atoms with Crippen LogP contribution in [0.2, 0.25) is 0 Å². The van der Waals surface area contributed by atoms with Gasteiger partial charge in [-0.1, -0.05) is 12.1 Å². The molecule has 0 aliphatic heterocycles. The number of terminal acetylenes is 1. The van der Waals surface area contributed by atoms with Crippen LogP contribution in [0.5, 0.6) is 0 Å². The number of Topliss-reactive ketones (excluding diaryl/α,β-unsaturated/α-hetero) is 1. The molecule has 0 heterocycles. The Bertz CT molecular complexity index is 359. The molecule has 0 aliphatic rings. The Hall–Kier alpha value is -1.75. The molecule has 0 atom stereocenters. The van der Waals surface area contributed by atoms with Gasteiger partial charge in [0.05, 0.1) is 0 Å². The lowest BCUT2D eigenvalue weighted by atomic mass is 10.0. The van der Waals surface area contributed by atoms with Crippen molar-refractivity contribution in [3.05, 3.63) is 29.8 Å². The van der Waals surface area contributed by atoms with E-state index in [0.29, 0.717) is 19.3 Å². The Labute approximate surface area is 90.5 Å². The van der Waals surface area contributed by atoms with Crippen LogP contribution in [0.3, 0.4) is 0 Å². The third kappa shape index (κ3) is 4.33. The zero-order valence-electron chi connectivity index (χ0n) is 8.70. The molecule has 0 unspecified atom stereocenters. The third-order valence-electron chi connectivity index (χ3n) is 2.16. The molecule has 78 valence electrons. The van der Waals surface area contributed by atoms with E-state index in [1.54, 1.807) is 0 Å². The monoisotopic (exact) mass is 201 g/mol. The molecule has 2 nitrogen and oxygen atoms in total. The van der Waals surface area contributed by atoms with Crippen molar-refractivity contribution in [3.63, 3.8) is 0 Å². The van der Waals surface area contributed by atoms with Crippen molar-refractivity contribution in [3.8, 4) is 12.3 Å². The van der Waals surface area contributed by atoms with Crippen molar-refractivity contribution in [2.24, 2.45) is 0 Å². The molecule has 1 aromatic carbocycles. The molecule has 0 fully saturated rings. The van der Waals surface area contributed by atoms with Crippen LogP contribution in [0, 0.1) is 12.3 Å². The standard InChI is InChI=1S/C13H15NO/c1-2-3-4-5-13(15)10-11-6-8-12(14)9-7-11/h1,6-9H,3-5,10,14H2. The van der Waals surface area contributed by atoms with Gasteiger partial charge in [0.25, 0.3) is 0 Å². The molecular weight excluding hydrogens is 186 g/mol. The summed E-state index contributed by atoms with van der Waals surface area (Å²) in [5, 5.41) is 0. The highest BCUT2D eigenvalue weighted by Crippen LogP contribution is 2.08. The van der Waals surface area contributed by atoms with E-state index in [-0.39, 0.29) is 5.78 Å². The van der Waals surface area contributed by atoms with Crippen LogP contribution in [0.15, 0.2) is 24.3 Å². The van der Waals surface area contributed by atoms with E-state index in [9.17, 15) is 4.79 Å². The smallest absolute Gasteiger partial charge is 0.137 e. The van der Waals surface area contributed by atoms with E-state index in [1.165, 1.54) is 0 Å². The normalized spacial score (nSPS) is 9.53. The fraction of sp³-hybridized carbons (Fsp3) is 0.308. The SMILES string of the molecule is C#CCCCC(=O)Cc1ccc(N)cc1. The number of unbranched alkanes of at least 4 members (excludes halogenated alkanes) is 1. The summed E-state index contributed by atoms with van der Waals surface area (Å²) in [6.07, 6.45) is 7.61. The first-order valence-electron chi connectivity index (χ1n) is 5.02. The first-order valence-corrected chi connectivity index (χ1v) is 5.02. The van der Waals surface area contributed by atoms with E-state index in [2.05, 4.69) is 5.92 Å². The van der Waals surface area contributed by atoms with Gasteiger partial charge in [-0.3, -0.25) is 4.79 Å². The summed E-state index contributed by atoms with van der Waals surface area (Å²) in [4.78, 5) is 11.5. The van der Waals surface area contributed by atoms with Crippen molar-refractivity contribution in [1.29, 1.82) is 0 Å². The van der Waals surface area contributed by atoms with Crippen molar-refractivity contribution in [1.82, 2.24) is 0 Å². The van der Waals surface area contributed by atoms with Crippen LogP contribution in [0.25, 0.3) is 0 Å². The third-order valence-corrected chi connectivity index (χ3v) is 2.16. The van der Waals surface area contributed by atoms with E-state index >= 15 is 0 Å². The van der Waals surface area contributed by atoms with E-state index in [1.807, 2.05) is 24.3 Å².